The fraction of sp³-hybridized carbons (Fsp3) is 0.231. The summed E-state index contributed by atoms with van der Waals surface area (Å²) in [6, 6.07) is 27.5. The lowest BCUT2D eigenvalue weighted by Gasteiger charge is -2.39. The number of halogens is 1. The van der Waals surface area contributed by atoms with Gasteiger partial charge in [0.15, 0.2) is 5.60 Å². The van der Waals surface area contributed by atoms with E-state index in [-0.39, 0.29) is 11.2 Å². The van der Waals surface area contributed by atoms with Crippen molar-refractivity contribution in [3.8, 4) is 34.1 Å². The predicted molar refractivity (Wildman–Crippen MR) is 174 cm³/mol. The summed E-state index contributed by atoms with van der Waals surface area (Å²) in [5.74, 6) is 2.69. The Bertz CT molecular complexity index is 1940. The molecule has 0 amide bonds. The molecule has 5 aromatic rings. The highest BCUT2D eigenvalue weighted by atomic mass is 19.1. The van der Waals surface area contributed by atoms with E-state index in [9.17, 15) is 4.39 Å². The minimum Gasteiger partial charge on any atom is -0.497 e. The number of rotatable bonds is 7. The Hall–Kier alpha value is -4.77. The first-order valence-corrected chi connectivity index (χ1v) is 15.1. The second-order valence-corrected chi connectivity index (χ2v) is 11.5. The summed E-state index contributed by atoms with van der Waals surface area (Å²) < 4.78 is 39.2. The Labute approximate surface area is 257 Å². The van der Waals surface area contributed by atoms with E-state index < -0.39 is 5.60 Å². The van der Waals surface area contributed by atoms with Gasteiger partial charge < -0.3 is 18.9 Å². The first kappa shape index (κ1) is 28.0. The third kappa shape index (κ3) is 3.81. The maximum Gasteiger partial charge on any atom is 0.181 e. The Kier molecular flexibility index (Phi) is 6.65. The van der Waals surface area contributed by atoms with Gasteiger partial charge in [-0.25, -0.2) is 4.39 Å². The molecule has 1 atom stereocenters. The van der Waals surface area contributed by atoms with Crippen molar-refractivity contribution in [2.45, 2.75) is 37.7 Å². The van der Waals surface area contributed by atoms with E-state index in [1.54, 1.807) is 33.5 Å². The van der Waals surface area contributed by atoms with Crippen LogP contribution >= 0.6 is 0 Å². The zero-order valence-electron chi connectivity index (χ0n) is 25.7. The van der Waals surface area contributed by atoms with Gasteiger partial charge in [0.25, 0.3) is 0 Å². The average molecular weight is 587 g/mol. The number of hydrogen-bond acceptors (Lipinski definition) is 4. The molecule has 0 saturated carbocycles. The van der Waals surface area contributed by atoms with E-state index in [0.29, 0.717) is 11.5 Å². The molecule has 44 heavy (non-hydrogen) atoms. The average Bonchev–Trinajstić information content (AvgIpc) is 3.37. The molecule has 0 N–H and O–H groups in total. The predicted octanol–water partition coefficient (Wildman–Crippen LogP) is 9.44. The van der Waals surface area contributed by atoms with Crippen LogP contribution in [0.5, 0.6) is 23.0 Å². The molecule has 1 unspecified atom stereocenters. The van der Waals surface area contributed by atoms with Gasteiger partial charge in [-0.15, -0.1) is 0 Å². The molecule has 7 rings (SSSR count). The van der Waals surface area contributed by atoms with Crippen molar-refractivity contribution >= 4 is 16.8 Å². The molecule has 5 heteroatoms. The van der Waals surface area contributed by atoms with Crippen LogP contribution in [0.25, 0.3) is 28.0 Å². The van der Waals surface area contributed by atoms with E-state index in [1.165, 1.54) is 11.1 Å². The second kappa shape index (κ2) is 10.4. The van der Waals surface area contributed by atoms with Gasteiger partial charge in [-0.1, -0.05) is 62.4 Å². The minimum atomic E-state index is -1.02. The maximum atomic E-state index is 14.8. The molecule has 2 aliphatic rings. The molecule has 0 bridgehead atoms. The Morgan fingerprint density at radius 3 is 2.11 bits per heavy atom. The van der Waals surface area contributed by atoms with Crippen molar-refractivity contribution in [3.63, 3.8) is 0 Å². The van der Waals surface area contributed by atoms with Crippen LogP contribution in [-0.4, -0.2) is 21.3 Å². The highest BCUT2D eigenvalue weighted by Crippen LogP contribution is 2.60. The largest absolute Gasteiger partial charge is 0.497 e. The molecule has 0 radical (unpaired) electrons. The molecule has 0 aromatic heterocycles. The molecule has 0 fully saturated rings. The van der Waals surface area contributed by atoms with Crippen LogP contribution in [0.3, 0.4) is 0 Å². The van der Waals surface area contributed by atoms with E-state index in [4.69, 9.17) is 18.9 Å². The van der Waals surface area contributed by atoms with Crippen molar-refractivity contribution in [1.29, 1.82) is 0 Å². The molecule has 222 valence electrons. The molecular formula is C39H35FO4. The molecule has 4 nitrogen and oxygen atoms in total. The zero-order chi connectivity index (χ0) is 30.6. The Morgan fingerprint density at radius 1 is 0.727 bits per heavy atom. The number of benzene rings is 5. The topological polar surface area (TPSA) is 36.9 Å². The Morgan fingerprint density at radius 2 is 1.43 bits per heavy atom. The first-order valence-electron chi connectivity index (χ1n) is 15.1. The van der Waals surface area contributed by atoms with E-state index in [1.807, 2.05) is 54.6 Å². The van der Waals surface area contributed by atoms with Crippen molar-refractivity contribution in [1.82, 2.24) is 0 Å². The van der Waals surface area contributed by atoms with Gasteiger partial charge >= 0.3 is 0 Å². The summed E-state index contributed by atoms with van der Waals surface area (Å²) in [4.78, 5) is 0. The van der Waals surface area contributed by atoms with E-state index in [0.717, 1.165) is 62.9 Å². The molecule has 1 heterocycles. The summed E-state index contributed by atoms with van der Waals surface area (Å²) in [6.45, 7) is 4.40. The monoisotopic (exact) mass is 586 g/mol. The third-order valence-electron chi connectivity index (χ3n) is 9.73. The number of fused-ring (bicyclic) bond motifs is 8. The zero-order valence-corrected chi connectivity index (χ0v) is 25.7. The van der Waals surface area contributed by atoms with Gasteiger partial charge in [0.1, 0.15) is 28.8 Å². The summed E-state index contributed by atoms with van der Waals surface area (Å²) >= 11 is 0. The fourth-order valence-electron chi connectivity index (χ4n) is 7.52. The quantitative estimate of drug-likeness (QED) is 0.190. The van der Waals surface area contributed by atoms with Gasteiger partial charge in [-0.2, -0.15) is 0 Å². The van der Waals surface area contributed by atoms with Crippen molar-refractivity contribution in [3.05, 3.63) is 125 Å². The van der Waals surface area contributed by atoms with Gasteiger partial charge in [0, 0.05) is 33.6 Å². The minimum absolute atomic E-state index is 0.210. The van der Waals surface area contributed by atoms with E-state index >= 15 is 0 Å². The lowest BCUT2D eigenvalue weighted by Crippen LogP contribution is -2.35. The molecule has 0 spiro atoms. The summed E-state index contributed by atoms with van der Waals surface area (Å²) in [5, 5.41) is 2.10. The maximum absolute atomic E-state index is 14.8. The standard InChI is InChI=1S/C39H35FO4/c1-6-38(7-2)33-22-25(40)14-18-30(33)35-28-10-8-9-11-29(28)37-31(36(35)38)20-21-39(44-37,24-12-15-26(41-3)16-13-24)32-19-17-27(42-4)23-34(32)43-5/h8-23H,6-7H2,1-5H3. The van der Waals surface area contributed by atoms with E-state index in [2.05, 4.69) is 44.2 Å². The Balaban J connectivity index is 1.57. The fourth-order valence-corrected chi connectivity index (χ4v) is 7.52. The lowest BCUT2D eigenvalue weighted by atomic mass is 9.71. The second-order valence-electron chi connectivity index (χ2n) is 11.5. The lowest BCUT2D eigenvalue weighted by molar-refractivity contribution is 0.158. The van der Waals surface area contributed by atoms with Crippen LogP contribution in [0.1, 0.15) is 54.5 Å². The van der Waals surface area contributed by atoms with Gasteiger partial charge in [-0.3, -0.25) is 0 Å². The normalized spacial score (nSPS) is 17.4. The van der Waals surface area contributed by atoms with Gasteiger partial charge in [-0.05, 0) is 83.0 Å². The SMILES string of the molecule is CCC1(CC)c2cc(F)ccc2-c2c1c1c(c3ccccc23)OC(c2ccc(OC)cc2)(c2ccc(OC)cc2OC)C=C1. The van der Waals surface area contributed by atoms with Crippen molar-refractivity contribution in [2.75, 3.05) is 21.3 Å². The molecule has 1 aliphatic carbocycles. The molecule has 5 aromatic carbocycles. The smallest absolute Gasteiger partial charge is 0.181 e. The highest BCUT2D eigenvalue weighted by molar-refractivity contribution is 6.08. The van der Waals surface area contributed by atoms with Crippen LogP contribution < -0.4 is 18.9 Å². The highest BCUT2D eigenvalue weighted by Gasteiger charge is 2.47. The van der Waals surface area contributed by atoms with Gasteiger partial charge in [0.05, 0.1) is 21.3 Å². The van der Waals surface area contributed by atoms with Crippen LogP contribution in [0, 0.1) is 5.82 Å². The number of hydrogen-bond donors (Lipinski definition) is 0. The summed E-state index contributed by atoms with van der Waals surface area (Å²) in [5.41, 5.74) is 5.96. The third-order valence-corrected chi connectivity index (χ3v) is 9.73. The van der Waals surface area contributed by atoms with Crippen LogP contribution in [0.4, 0.5) is 4.39 Å². The summed E-state index contributed by atoms with van der Waals surface area (Å²) in [7, 11) is 4.97. The number of ether oxygens (including phenoxy) is 4. The van der Waals surface area contributed by atoms with Crippen molar-refractivity contribution in [2.24, 2.45) is 0 Å². The van der Waals surface area contributed by atoms with Crippen LogP contribution in [0.2, 0.25) is 0 Å². The summed E-state index contributed by atoms with van der Waals surface area (Å²) in [6.07, 6.45) is 6.01. The number of methoxy groups -OCH3 is 3. The van der Waals surface area contributed by atoms with Crippen molar-refractivity contribution < 1.29 is 23.3 Å². The molecular weight excluding hydrogens is 551 g/mol. The van der Waals surface area contributed by atoms with Gasteiger partial charge in [0.2, 0.25) is 0 Å². The van der Waals surface area contributed by atoms with Crippen LogP contribution in [0.15, 0.2) is 91.0 Å². The molecule has 0 saturated heterocycles. The molecule has 1 aliphatic heterocycles. The first-order chi connectivity index (χ1) is 21.4. The van der Waals surface area contributed by atoms with Crippen LogP contribution in [-0.2, 0) is 11.0 Å².